The van der Waals surface area contributed by atoms with Crippen molar-refractivity contribution in [1.29, 1.82) is 0 Å². The number of carbonyl (C=O) groups excluding carboxylic acids is 1. The van der Waals surface area contributed by atoms with E-state index in [1.54, 1.807) is 17.5 Å². The second kappa shape index (κ2) is 7.59. The summed E-state index contributed by atoms with van der Waals surface area (Å²) in [6, 6.07) is -0.131. The molecule has 0 radical (unpaired) electrons. The summed E-state index contributed by atoms with van der Waals surface area (Å²) in [4.78, 5) is 15.9. The number of hydrogen-bond acceptors (Lipinski definition) is 4. The van der Waals surface area contributed by atoms with Gasteiger partial charge in [-0.1, -0.05) is 13.8 Å². The van der Waals surface area contributed by atoms with Gasteiger partial charge < -0.3 is 15.4 Å². The van der Waals surface area contributed by atoms with E-state index in [1.165, 1.54) is 0 Å². The second-order valence-electron chi connectivity index (χ2n) is 5.47. The Kier molecular flexibility index (Phi) is 5.79. The van der Waals surface area contributed by atoms with Gasteiger partial charge in [0.05, 0.1) is 12.6 Å². The van der Waals surface area contributed by atoms with Gasteiger partial charge in [-0.3, -0.25) is 0 Å². The van der Waals surface area contributed by atoms with Crippen molar-refractivity contribution in [1.82, 2.24) is 15.6 Å². The maximum Gasteiger partial charge on any atom is 0.315 e. The Morgan fingerprint density at radius 3 is 3.10 bits per heavy atom. The Morgan fingerprint density at radius 1 is 1.55 bits per heavy atom. The first kappa shape index (κ1) is 15.3. The lowest BCUT2D eigenvalue weighted by molar-refractivity contribution is -0.0508. The largest absolute Gasteiger partial charge is 0.378 e. The van der Waals surface area contributed by atoms with Crippen LogP contribution in [0.5, 0.6) is 0 Å². The molecule has 112 valence electrons. The predicted octanol–water partition coefficient (Wildman–Crippen LogP) is 2.39. The molecule has 2 unspecified atom stereocenters. The smallest absolute Gasteiger partial charge is 0.315 e. The first-order valence-electron chi connectivity index (χ1n) is 7.18. The molecule has 0 bridgehead atoms. The summed E-state index contributed by atoms with van der Waals surface area (Å²) in [5.41, 5.74) is 0. The van der Waals surface area contributed by atoms with E-state index in [1.807, 2.05) is 5.38 Å². The molecule has 6 heteroatoms. The van der Waals surface area contributed by atoms with Crippen molar-refractivity contribution >= 4 is 17.4 Å². The van der Waals surface area contributed by atoms with E-state index in [0.29, 0.717) is 24.9 Å². The summed E-state index contributed by atoms with van der Waals surface area (Å²) in [6.07, 6.45) is 4.20. The predicted molar refractivity (Wildman–Crippen MR) is 79.7 cm³/mol. The fourth-order valence-corrected chi connectivity index (χ4v) is 3.16. The van der Waals surface area contributed by atoms with Gasteiger partial charge in [-0.2, -0.15) is 0 Å². The maximum atomic E-state index is 11.8. The quantitative estimate of drug-likeness (QED) is 0.877. The van der Waals surface area contributed by atoms with E-state index in [-0.39, 0.29) is 12.1 Å². The van der Waals surface area contributed by atoms with Crippen molar-refractivity contribution in [3.05, 3.63) is 16.6 Å². The maximum absolute atomic E-state index is 11.8. The molecule has 1 aliphatic heterocycles. The van der Waals surface area contributed by atoms with Crippen LogP contribution < -0.4 is 10.6 Å². The number of hydrogen-bond donors (Lipinski definition) is 2. The highest BCUT2D eigenvalue weighted by Gasteiger charge is 2.28. The molecule has 2 heterocycles. The number of amides is 2. The van der Waals surface area contributed by atoms with Crippen LogP contribution in [-0.2, 0) is 11.3 Å². The zero-order valence-electron chi connectivity index (χ0n) is 12.1. The molecule has 2 N–H and O–H groups in total. The molecule has 1 aromatic heterocycles. The van der Waals surface area contributed by atoms with Gasteiger partial charge in [0.15, 0.2) is 0 Å². The Bertz CT molecular complexity index is 409. The minimum Gasteiger partial charge on any atom is -0.378 e. The van der Waals surface area contributed by atoms with Crippen LogP contribution in [0.4, 0.5) is 4.79 Å². The third kappa shape index (κ3) is 4.45. The molecular formula is C14H23N3O2S. The van der Waals surface area contributed by atoms with Crippen LogP contribution in [0.3, 0.4) is 0 Å². The standard InChI is InChI=1S/C14H23N3O2S/c1-10(2)13-11(4-3-6-19-13)8-16-14(18)17-9-12-15-5-7-20-12/h5,7,10-11,13H,3-4,6,8-9H2,1-2H3,(H2,16,17,18). The molecule has 2 rings (SSSR count). The fraction of sp³-hybridized carbons (Fsp3) is 0.714. The lowest BCUT2D eigenvalue weighted by Crippen LogP contribution is -2.44. The molecule has 1 saturated heterocycles. The highest BCUT2D eigenvalue weighted by atomic mass is 32.1. The lowest BCUT2D eigenvalue weighted by atomic mass is 9.87. The zero-order valence-corrected chi connectivity index (χ0v) is 12.9. The number of aromatic nitrogens is 1. The summed E-state index contributed by atoms with van der Waals surface area (Å²) < 4.78 is 5.82. The first-order chi connectivity index (χ1) is 9.66. The van der Waals surface area contributed by atoms with Crippen LogP contribution in [0.25, 0.3) is 0 Å². The van der Waals surface area contributed by atoms with Gasteiger partial charge in [-0.05, 0) is 18.8 Å². The molecule has 1 aromatic rings. The van der Waals surface area contributed by atoms with Crippen LogP contribution in [-0.4, -0.2) is 30.3 Å². The van der Waals surface area contributed by atoms with Gasteiger partial charge in [0.2, 0.25) is 0 Å². The summed E-state index contributed by atoms with van der Waals surface area (Å²) >= 11 is 1.54. The SMILES string of the molecule is CC(C)C1OCCCC1CNC(=O)NCc1nccs1. The van der Waals surface area contributed by atoms with E-state index >= 15 is 0 Å². The summed E-state index contributed by atoms with van der Waals surface area (Å²) in [5, 5.41) is 8.59. The molecule has 20 heavy (non-hydrogen) atoms. The molecule has 2 atom stereocenters. The second-order valence-corrected chi connectivity index (χ2v) is 6.45. The van der Waals surface area contributed by atoms with Crippen LogP contribution in [0.15, 0.2) is 11.6 Å². The van der Waals surface area contributed by atoms with Gasteiger partial charge in [-0.25, -0.2) is 9.78 Å². The monoisotopic (exact) mass is 297 g/mol. The van der Waals surface area contributed by atoms with E-state index in [0.717, 1.165) is 24.5 Å². The van der Waals surface area contributed by atoms with Gasteiger partial charge in [0.25, 0.3) is 0 Å². The number of thiazole rings is 1. The highest BCUT2D eigenvalue weighted by Crippen LogP contribution is 2.25. The molecule has 0 spiro atoms. The van der Waals surface area contributed by atoms with E-state index < -0.39 is 0 Å². The summed E-state index contributed by atoms with van der Waals surface area (Å²) in [5.74, 6) is 0.898. The molecule has 5 nitrogen and oxygen atoms in total. The Labute approximate surface area is 124 Å². The Balaban J connectivity index is 1.71. The average Bonchev–Trinajstić information content (AvgIpc) is 2.96. The van der Waals surface area contributed by atoms with E-state index in [2.05, 4.69) is 29.5 Å². The van der Waals surface area contributed by atoms with Crippen LogP contribution in [0.2, 0.25) is 0 Å². The summed E-state index contributed by atoms with van der Waals surface area (Å²) in [6.45, 7) is 6.34. The highest BCUT2D eigenvalue weighted by molar-refractivity contribution is 7.09. The number of ether oxygens (including phenoxy) is 1. The molecule has 0 aromatic carbocycles. The summed E-state index contributed by atoms with van der Waals surface area (Å²) in [7, 11) is 0. The molecule has 2 amide bonds. The molecule has 1 aliphatic rings. The number of carbonyl (C=O) groups is 1. The minimum absolute atomic E-state index is 0.131. The molecular weight excluding hydrogens is 274 g/mol. The number of urea groups is 1. The lowest BCUT2D eigenvalue weighted by Gasteiger charge is -2.34. The molecule has 0 aliphatic carbocycles. The van der Waals surface area contributed by atoms with Gasteiger partial charge in [0, 0.05) is 30.6 Å². The number of nitrogens with one attached hydrogen (secondary N) is 2. The third-order valence-corrected chi connectivity index (χ3v) is 4.34. The van der Waals surface area contributed by atoms with Crippen LogP contribution in [0.1, 0.15) is 31.7 Å². The van der Waals surface area contributed by atoms with Crippen molar-refractivity contribution in [3.63, 3.8) is 0 Å². The third-order valence-electron chi connectivity index (χ3n) is 3.56. The average molecular weight is 297 g/mol. The van der Waals surface area contributed by atoms with Gasteiger partial charge in [-0.15, -0.1) is 11.3 Å². The van der Waals surface area contributed by atoms with E-state index in [9.17, 15) is 4.79 Å². The Morgan fingerprint density at radius 2 is 2.40 bits per heavy atom. The van der Waals surface area contributed by atoms with E-state index in [4.69, 9.17) is 4.74 Å². The van der Waals surface area contributed by atoms with Crippen molar-refractivity contribution in [2.45, 2.75) is 39.3 Å². The van der Waals surface area contributed by atoms with Gasteiger partial charge in [0.1, 0.15) is 5.01 Å². The zero-order chi connectivity index (χ0) is 14.4. The Hall–Kier alpha value is -1.14. The topological polar surface area (TPSA) is 63.2 Å². The first-order valence-corrected chi connectivity index (χ1v) is 8.06. The number of nitrogens with zero attached hydrogens (tertiary/aromatic N) is 1. The fourth-order valence-electron chi connectivity index (χ4n) is 2.60. The normalized spacial score (nSPS) is 22.8. The van der Waals surface area contributed by atoms with Crippen molar-refractivity contribution in [3.8, 4) is 0 Å². The van der Waals surface area contributed by atoms with Crippen molar-refractivity contribution in [2.24, 2.45) is 11.8 Å². The van der Waals surface area contributed by atoms with Crippen molar-refractivity contribution in [2.75, 3.05) is 13.2 Å². The van der Waals surface area contributed by atoms with Crippen LogP contribution in [0, 0.1) is 11.8 Å². The minimum atomic E-state index is -0.131. The van der Waals surface area contributed by atoms with Crippen molar-refractivity contribution < 1.29 is 9.53 Å². The molecule has 1 fully saturated rings. The van der Waals surface area contributed by atoms with Gasteiger partial charge >= 0.3 is 6.03 Å². The molecule has 0 saturated carbocycles. The van der Waals surface area contributed by atoms with Crippen LogP contribution >= 0.6 is 11.3 Å². The number of rotatable bonds is 5.